The quantitative estimate of drug-likeness (QED) is 0.436. The molecule has 0 radical (unpaired) electrons. The zero-order valence-corrected chi connectivity index (χ0v) is 7.27. The van der Waals surface area contributed by atoms with E-state index in [1.165, 1.54) is 0 Å². The molecule has 0 aliphatic heterocycles. The van der Waals surface area contributed by atoms with Gasteiger partial charge in [0.05, 0.1) is 6.61 Å². The van der Waals surface area contributed by atoms with Crippen LogP contribution in [0.25, 0.3) is 0 Å². The second-order valence-corrected chi connectivity index (χ2v) is 2.26. The van der Waals surface area contributed by atoms with E-state index >= 15 is 0 Å². The van der Waals surface area contributed by atoms with E-state index < -0.39 is 0 Å². The van der Waals surface area contributed by atoms with E-state index in [4.69, 9.17) is 4.74 Å². The fourth-order valence-electron chi connectivity index (χ4n) is 0.357. The van der Waals surface area contributed by atoms with Gasteiger partial charge in [0.1, 0.15) is 0 Å². The van der Waals surface area contributed by atoms with E-state index in [-0.39, 0.29) is 0 Å². The average molecular weight is 229 g/mol. The average Bonchev–Trinajstić information content (AvgIpc) is 1.81. The molecule has 0 amide bonds. The van der Waals surface area contributed by atoms with Crippen molar-refractivity contribution in [1.29, 1.82) is 0 Å². The third kappa shape index (κ3) is 6.65. The van der Waals surface area contributed by atoms with Gasteiger partial charge < -0.3 is 4.74 Å². The smallest absolute Gasteiger partial charge is 0.0599 e. The molecule has 0 bridgehead atoms. The van der Waals surface area contributed by atoms with Crippen LogP contribution in [0, 0.1) is 0 Å². The molecular weight excluding hydrogens is 217 g/mol. The molecule has 0 aromatic carbocycles. The number of ether oxygens (including phenoxy) is 1. The van der Waals surface area contributed by atoms with Crippen LogP contribution in [0.1, 0.15) is 13.3 Å². The van der Waals surface area contributed by atoms with Crippen molar-refractivity contribution in [2.45, 2.75) is 13.3 Å². The molecule has 50 valence electrons. The largest absolute Gasteiger partial charge is 0.380 e. The van der Waals surface area contributed by atoms with Crippen LogP contribution < -0.4 is 3.53 Å². The van der Waals surface area contributed by atoms with Crippen molar-refractivity contribution in [2.75, 3.05) is 19.8 Å². The van der Waals surface area contributed by atoms with E-state index in [0.717, 1.165) is 26.2 Å². The van der Waals surface area contributed by atoms with Gasteiger partial charge in [-0.25, -0.2) is 0 Å². The molecule has 0 aliphatic rings. The Hall–Kier alpha value is 0.650. The molecule has 0 unspecified atom stereocenters. The lowest BCUT2D eigenvalue weighted by molar-refractivity contribution is 0.141. The summed E-state index contributed by atoms with van der Waals surface area (Å²) in [4.78, 5) is 0. The van der Waals surface area contributed by atoms with Crippen LogP contribution in [0.3, 0.4) is 0 Å². The molecule has 0 atom stereocenters. The molecule has 8 heavy (non-hydrogen) atoms. The Morgan fingerprint density at radius 3 is 2.75 bits per heavy atom. The van der Waals surface area contributed by atoms with Gasteiger partial charge in [0.25, 0.3) is 0 Å². The number of halogens is 1. The van der Waals surface area contributed by atoms with Crippen LogP contribution in [-0.4, -0.2) is 19.8 Å². The fraction of sp³-hybridized carbons (Fsp3) is 1.00. The number of hydrogen-bond acceptors (Lipinski definition) is 2. The first-order valence-electron chi connectivity index (χ1n) is 2.83. The van der Waals surface area contributed by atoms with Crippen molar-refractivity contribution < 1.29 is 4.74 Å². The predicted molar refractivity (Wildman–Crippen MR) is 43.1 cm³/mol. The van der Waals surface area contributed by atoms with Crippen molar-refractivity contribution in [3.63, 3.8) is 0 Å². The first-order chi connectivity index (χ1) is 3.91. The zero-order valence-electron chi connectivity index (χ0n) is 5.11. The summed E-state index contributed by atoms with van der Waals surface area (Å²) < 4.78 is 8.13. The Morgan fingerprint density at radius 2 is 2.25 bits per heavy atom. The summed E-state index contributed by atoms with van der Waals surface area (Å²) in [7, 11) is 0. The molecule has 3 heteroatoms. The summed E-state index contributed by atoms with van der Waals surface area (Å²) >= 11 is 2.11. The Balaban J connectivity index is 2.53. The Kier molecular flexibility index (Phi) is 8.27. The summed E-state index contributed by atoms with van der Waals surface area (Å²) in [6, 6.07) is 0. The maximum absolute atomic E-state index is 5.16. The van der Waals surface area contributed by atoms with Gasteiger partial charge in [0.2, 0.25) is 0 Å². The minimum Gasteiger partial charge on any atom is -0.380 e. The van der Waals surface area contributed by atoms with Gasteiger partial charge in [-0.05, 0) is 6.42 Å². The molecule has 0 saturated heterocycles. The number of hydrogen-bond donors (Lipinski definition) is 1. The molecule has 0 heterocycles. The number of nitrogens with one attached hydrogen (secondary N) is 1. The minimum absolute atomic E-state index is 0.830. The van der Waals surface area contributed by atoms with Gasteiger partial charge in [0.15, 0.2) is 0 Å². The first-order valence-corrected chi connectivity index (χ1v) is 3.91. The van der Waals surface area contributed by atoms with Crippen LogP contribution in [-0.2, 0) is 4.74 Å². The highest BCUT2D eigenvalue weighted by molar-refractivity contribution is 14.1. The summed E-state index contributed by atoms with van der Waals surface area (Å²) in [6.07, 6.45) is 1.11. The summed E-state index contributed by atoms with van der Waals surface area (Å²) in [5.74, 6) is 0. The van der Waals surface area contributed by atoms with Crippen molar-refractivity contribution in [3.8, 4) is 0 Å². The maximum Gasteiger partial charge on any atom is 0.0599 e. The molecule has 0 spiro atoms. The molecule has 0 aliphatic carbocycles. The molecule has 0 aromatic rings. The van der Waals surface area contributed by atoms with Gasteiger partial charge in [-0.2, -0.15) is 0 Å². The number of rotatable bonds is 5. The topological polar surface area (TPSA) is 21.3 Å². The van der Waals surface area contributed by atoms with Gasteiger partial charge in [0, 0.05) is 36.0 Å². The predicted octanol–water partition coefficient (Wildman–Crippen LogP) is 1.35. The van der Waals surface area contributed by atoms with Crippen molar-refractivity contribution in [3.05, 3.63) is 0 Å². The molecule has 1 N–H and O–H groups in total. The second-order valence-electron chi connectivity index (χ2n) is 1.50. The van der Waals surface area contributed by atoms with E-state index in [1.807, 2.05) is 0 Å². The van der Waals surface area contributed by atoms with E-state index in [0.29, 0.717) is 0 Å². The molecule has 0 aromatic heterocycles. The molecule has 2 nitrogen and oxygen atoms in total. The molecular formula is C5H12INO. The lowest BCUT2D eigenvalue weighted by Gasteiger charge is -1.98. The summed E-state index contributed by atoms with van der Waals surface area (Å²) in [6.45, 7) is 4.77. The van der Waals surface area contributed by atoms with Gasteiger partial charge in [-0.15, -0.1) is 0 Å². The van der Waals surface area contributed by atoms with Gasteiger partial charge in [-0.1, -0.05) is 6.92 Å². The Labute approximate surface area is 64.5 Å². The monoisotopic (exact) mass is 229 g/mol. The highest BCUT2D eigenvalue weighted by Gasteiger charge is 1.81. The van der Waals surface area contributed by atoms with Crippen molar-refractivity contribution in [2.24, 2.45) is 0 Å². The first kappa shape index (κ1) is 8.65. The van der Waals surface area contributed by atoms with E-state index in [1.54, 1.807) is 0 Å². The van der Waals surface area contributed by atoms with Gasteiger partial charge >= 0.3 is 0 Å². The van der Waals surface area contributed by atoms with Gasteiger partial charge in [-0.3, -0.25) is 3.53 Å². The Bertz CT molecular complexity index is 37.4. The molecule has 0 rings (SSSR count). The highest BCUT2D eigenvalue weighted by atomic mass is 127. The zero-order chi connectivity index (χ0) is 6.24. The van der Waals surface area contributed by atoms with Crippen LogP contribution in [0.2, 0.25) is 0 Å². The van der Waals surface area contributed by atoms with Crippen LogP contribution >= 0.6 is 22.9 Å². The second kappa shape index (κ2) is 7.65. The lowest BCUT2D eigenvalue weighted by Crippen LogP contribution is -2.08. The standard InChI is InChI=1S/C5H12INO/c1-2-4-8-5-3-7-6/h7H,2-5H2,1H3. The summed E-state index contributed by atoms with van der Waals surface area (Å²) in [5, 5.41) is 0. The molecule has 0 saturated carbocycles. The van der Waals surface area contributed by atoms with Crippen LogP contribution in [0.5, 0.6) is 0 Å². The SMILES string of the molecule is CCCOCCNI. The molecule has 0 fully saturated rings. The normalized spacial score (nSPS) is 9.75. The third-order valence-electron chi connectivity index (χ3n) is 0.689. The minimum atomic E-state index is 0.830. The Morgan fingerprint density at radius 1 is 1.50 bits per heavy atom. The van der Waals surface area contributed by atoms with E-state index in [2.05, 4.69) is 33.3 Å². The van der Waals surface area contributed by atoms with E-state index in [9.17, 15) is 0 Å². The van der Waals surface area contributed by atoms with Crippen molar-refractivity contribution >= 4 is 22.9 Å². The fourth-order valence-corrected chi connectivity index (χ4v) is 0.577. The third-order valence-corrected chi connectivity index (χ3v) is 1.23. The van der Waals surface area contributed by atoms with Crippen LogP contribution in [0.15, 0.2) is 0 Å². The lowest BCUT2D eigenvalue weighted by atomic mass is 10.5. The van der Waals surface area contributed by atoms with Crippen LogP contribution in [0.4, 0.5) is 0 Å². The highest BCUT2D eigenvalue weighted by Crippen LogP contribution is 1.78. The van der Waals surface area contributed by atoms with Crippen molar-refractivity contribution in [1.82, 2.24) is 3.53 Å². The maximum atomic E-state index is 5.16. The summed E-state index contributed by atoms with van der Waals surface area (Å²) in [5.41, 5.74) is 0.